The highest BCUT2D eigenvalue weighted by atomic mass is 35.5. The minimum atomic E-state index is -0.107. The summed E-state index contributed by atoms with van der Waals surface area (Å²) in [7, 11) is 0. The molecule has 0 bridgehead atoms. The van der Waals surface area contributed by atoms with Gasteiger partial charge in [-0.2, -0.15) is 0 Å². The zero-order valence-electron chi connectivity index (χ0n) is 16.2. The van der Waals surface area contributed by atoms with Crippen molar-refractivity contribution in [2.75, 3.05) is 4.90 Å². The van der Waals surface area contributed by atoms with Gasteiger partial charge in [0, 0.05) is 42.0 Å². The van der Waals surface area contributed by atoms with Gasteiger partial charge in [0.15, 0.2) is 10.3 Å². The number of hydrogen-bond donors (Lipinski definition) is 0. The van der Waals surface area contributed by atoms with Crippen molar-refractivity contribution in [3.05, 3.63) is 88.7 Å². The molecule has 0 atom stereocenters. The van der Waals surface area contributed by atoms with Crippen LogP contribution in [0.5, 0.6) is 0 Å². The van der Waals surface area contributed by atoms with Crippen molar-refractivity contribution in [2.24, 2.45) is 0 Å². The quantitative estimate of drug-likeness (QED) is 0.320. The van der Waals surface area contributed by atoms with Gasteiger partial charge in [-0.1, -0.05) is 59.8 Å². The predicted molar refractivity (Wildman–Crippen MR) is 124 cm³/mol. The van der Waals surface area contributed by atoms with E-state index in [2.05, 4.69) is 26.7 Å². The number of imidazole rings is 1. The first kappa shape index (κ1) is 20.7. The first-order chi connectivity index (χ1) is 14.6. The minimum Gasteiger partial charge on any atom is -0.322 e. The smallest absolute Gasteiger partial charge is 0.230 e. The van der Waals surface area contributed by atoms with E-state index in [0.717, 1.165) is 17.4 Å². The second-order valence-electron chi connectivity index (χ2n) is 6.57. The van der Waals surface area contributed by atoms with Gasteiger partial charge < -0.3 is 4.57 Å². The first-order valence-electron chi connectivity index (χ1n) is 9.28. The lowest BCUT2D eigenvalue weighted by molar-refractivity contribution is -0.115. The van der Waals surface area contributed by atoms with Crippen molar-refractivity contribution in [1.29, 1.82) is 0 Å². The van der Waals surface area contributed by atoms with Gasteiger partial charge in [0.25, 0.3) is 0 Å². The van der Waals surface area contributed by atoms with Crippen molar-refractivity contribution in [3.63, 3.8) is 0 Å². The van der Waals surface area contributed by atoms with Crippen LogP contribution in [0.25, 0.3) is 0 Å². The molecule has 2 aromatic carbocycles. The fourth-order valence-corrected chi connectivity index (χ4v) is 5.01. The standard InChI is InChI=1S/C22H19ClN4OS2/c1-16(28)27(20-9-5-8-18(23)12-20)22-25-19(15-30-22)14-29-21-24-10-11-26(21)13-17-6-3-2-4-7-17/h2-12,15H,13-14H2,1H3. The number of halogens is 1. The van der Waals surface area contributed by atoms with Crippen molar-refractivity contribution in [3.8, 4) is 0 Å². The van der Waals surface area contributed by atoms with Crippen LogP contribution >= 0.6 is 34.7 Å². The van der Waals surface area contributed by atoms with Crippen LogP contribution in [-0.4, -0.2) is 20.4 Å². The average Bonchev–Trinajstić information content (AvgIpc) is 3.37. The fourth-order valence-electron chi connectivity index (χ4n) is 2.98. The molecule has 0 saturated carbocycles. The molecule has 0 aliphatic heterocycles. The molecule has 2 aromatic heterocycles. The van der Waals surface area contributed by atoms with Crippen LogP contribution in [0.4, 0.5) is 10.8 Å². The van der Waals surface area contributed by atoms with Gasteiger partial charge in [0.1, 0.15) is 0 Å². The summed E-state index contributed by atoms with van der Waals surface area (Å²) >= 11 is 9.17. The van der Waals surface area contributed by atoms with Crippen LogP contribution in [0, 0.1) is 0 Å². The Balaban J connectivity index is 1.46. The second-order valence-corrected chi connectivity index (χ2v) is 8.78. The number of carbonyl (C=O) groups excluding carboxylic acids is 1. The monoisotopic (exact) mass is 454 g/mol. The molecule has 1 amide bonds. The van der Waals surface area contributed by atoms with Gasteiger partial charge >= 0.3 is 0 Å². The summed E-state index contributed by atoms with van der Waals surface area (Å²) in [5.41, 5.74) is 2.84. The van der Waals surface area contributed by atoms with Gasteiger partial charge in [0.05, 0.1) is 11.4 Å². The summed E-state index contributed by atoms with van der Waals surface area (Å²) in [5.74, 6) is 0.563. The van der Waals surface area contributed by atoms with Crippen LogP contribution in [0.15, 0.2) is 77.5 Å². The first-order valence-corrected chi connectivity index (χ1v) is 11.5. The van der Waals surface area contributed by atoms with E-state index in [-0.39, 0.29) is 5.91 Å². The lowest BCUT2D eigenvalue weighted by Gasteiger charge is -2.18. The molecular weight excluding hydrogens is 436 g/mol. The number of amides is 1. The maximum Gasteiger partial charge on any atom is 0.230 e. The zero-order chi connectivity index (χ0) is 20.9. The van der Waals surface area contributed by atoms with E-state index in [4.69, 9.17) is 11.6 Å². The molecule has 30 heavy (non-hydrogen) atoms. The summed E-state index contributed by atoms with van der Waals surface area (Å²) in [6.45, 7) is 2.30. The number of nitrogens with zero attached hydrogens (tertiary/aromatic N) is 4. The topological polar surface area (TPSA) is 51.0 Å². The third-order valence-electron chi connectivity index (χ3n) is 4.33. The number of thiazole rings is 1. The molecule has 0 saturated heterocycles. The SMILES string of the molecule is CC(=O)N(c1cccc(Cl)c1)c1nc(CSc2nccn2Cc2ccccc2)cs1. The molecule has 4 rings (SSSR count). The maximum atomic E-state index is 12.3. The molecule has 8 heteroatoms. The van der Waals surface area contributed by atoms with E-state index in [1.807, 2.05) is 48.1 Å². The largest absolute Gasteiger partial charge is 0.322 e. The highest BCUT2D eigenvalue weighted by molar-refractivity contribution is 7.98. The Morgan fingerprint density at radius 1 is 1.20 bits per heavy atom. The Hall–Kier alpha value is -2.61. The van der Waals surface area contributed by atoms with E-state index >= 15 is 0 Å². The summed E-state index contributed by atoms with van der Waals surface area (Å²) in [4.78, 5) is 23.0. The molecule has 5 nitrogen and oxygen atoms in total. The number of hydrogen-bond acceptors (Lipinski definition) is 5. The summed E-state index contributed by atoms with van der Waals surface area (Å²) in [6.07, 6.45) is 3.80. The number of anilines is 2. The Morgan fingerprint density at radius 3 is 2.80 bits per heavy atom. The Bertz CT molecular complexity index is 1140. The van der Waals surface area contributed by atoms with E-state index in [1.54, 1.807) is 28.8 Å². The van der Waals surface area contributed by atoms with Crippen LogP contribution in [0.2, 0.25) is 5.02 Å². The number of benzene rings is 2. The molecule has 2 heterocycles. The van der Waals surface area contributed by atoms with Crippen LogP contribution < -0.4 is 4.90 Å². The number of thioether (sulfide) groups is 1. The van der Waals surface area contributed by atoms with Gasteiger partial charge in [0.2, 0.25) is 5.91 Å². The van der Waals surface area contributed by atoms with Crippen molar-refractivity contribution in [2.45, 2.75) is 24.4 Å². The Labute approximate surface area is 188 Å². The number of carbonyl (C=O) groups is 1. The van der Waals surface area contributed by atoms with Crippen LogP contribution in [0.3, 0.4) is 0 Å². The van der Waals surface area contributed by atoms with Gasteiger partial charge in [-0.25, -0.2) is 9.97 Å². The van der Waals surface area contributed by atoms with Gasteiger partial charge in [-0.3, -0.25) is 9.69 Å². The molecule has 0 N–H and O–H groups in total. The Morgan fingerprint density at radius 2 is 2.03 bits per heavy atom. The van der Waals surface area contributed by atoms with Crippen molar-refractivity contribution >= 4 is 51.4 Å². The molecule has 0 aliphatic rings. The van der Waals surface area contributed by atoms with Crippen molar-refractivity contribution < 1.29 is 4.79 Å². The molecule has 152 valence electrons. The van der Waals surface area contributed by atoms with E-state index in [0.29, 0.717) is 21.6 Å². The summed E-state index contributed by atoms with van der Waals surface area (Å²) in [6, 6.07) is 17.5. The van der Waals surface area contributed by atoms with E-state index in [1.165, 1.54) is 23.8 Å². The summed E-state index contributed by atoms with van der Waals surface area (Å²) < 4.78 is 2.13. The molecule has 0 radical (unpaired) electrons. The molecular formula is C22H19ClN4OS2. The number of rotatable bonds is 7. The third kappa shape index (κ3) is 4.92. The van der Waals surface area contributed by atoms with E-state index in [9.17, 15) is 4.79 Å². The lowest BCUT2D eigenvalue weighted by Crippen LogP contribution is -2.22. The highest BCUT2D eigenvalue weighted by Gasteiger charge is 2.18. The van der Waals surface area contributed by atoms with Crippen molar-refractivity contribution in [1.82, 2.24) is 14.5 Å². The maximum absolute atomic E-state index is 12.3. The molecule has 0 fully saturated rings. The highest BCUT2D eigenvalue weighted by Crippen LogP contribution is 2.32. The minimum absolute atomic E-state index is 0.107. The lowest BCUT2D eigenvalue weighted by atomic mass is 10.2. The molecule has 0 spiro atoms. The van der Waals surface area contributed by atoms with Crippen LogP contribution in [0.1, 0.15) is 18.2 Å². The normalized spacial score (nSPS) is 10.9. The van der Waals surface area contributed by atoms with Gasteiger partial charge in [-0.15, -0.1) is 11.3 Å². The van der Waals surface area contributed by atoms with E-state index < -0.39 is 0 Å². The molecule has 0 aliphatic carbocycles. The summed E-state index contributed by atoms with van der Waals surface area (Å²) in [5, 5.41) is 4.13. The average molecular weight is 455 g/mol. The predicted octanol–water partition coefficient (Wildman–Crippen LogP) is 6.02. The Kier molecular flexibility index (Phi) is 6.52. The third-order valence-corrected chi connectivity index (χ3v) is 6.48. The molecule has 4 aromatic rings. The second kappa shape index (κ2) is 9.47. The molecule has 0 unspecified atom stereocenters. The number of aromatic nitrogens is 3. The van der Waals surface area contributed by atoms with Gasteiger partial charge in [-0.05, 0) is 23.8 Å². The zero-order valence-corrected chi connectivity index (χ0v) is 18.6. The fraction of sp³-hybridized carbons (Fsp3) is 0.136. The van der Waals surface area contributed by atoms with Crippen LogP contribution in [-0.2, 0) is 17.1 Å².